The molecule has 0 aromatic heterocycles. The highest BCUT2D eigenvalue weighted by Crippen LogP contribution is 2.16. The van der Waals surface area contributed by atoms with E-state index in [0.29, 0.717) is 0 Å². The van der Waals surface area contributed by atoms with Crippen molar-refractivity contribution in [2.24, 2.45) is 0 Å². The van der Waals surface area contributed by atoms with E-state index in [2.05, 4.69) is 4.84 Å². The molecule has 0 spiro atoms. The Morgan fingerprint density at radius 3 is 2.44 bits per heavy atom. The molecule has 0 heterocycles. The molecule has 0 bridgehead atoms. The van der Waals surface area contributed by atoms with Crippen molar-refractivity contribution in [1.82, 2.24) is 5.39 Å². The summed E-state index contributed by atoms with van der Waals surface area (Å²) in [7, 11) is 0. The van der Waals surface area contributed by atoms with Crippen LogP contribution in [-0.2, 0) is 9.63 Å². The molecule has 3 N–H and O–H groups in total. The van der Waals surface area contributed by atoms with E-state index in [1.165, 1.54) is 24.3 Å². The van der Waals surface area contributed by atoms with Crippen LogP contribution in [0.2, 0.25) is 0 Å². The van der Waals surface area contributed by atoms with Gasteiger partial charge in [-0.2, -0.15) is 0 Å². The van der Waals surface area contributed by atoms with Crippen LogP contribution in [0.1, 0.15) is 6.42 Å². The van der Waals surface area contributed by atoms with E-state index in [9.17, 15) is 4.79 Å². The molecule has 7 nitrogen and oxygen atoms in total. The highest BCUT2D eigenvalue weighted by atomic mass is 17.1. The number of phenols is 1. The lowest BCUT2D eigenvalue weighted by atomic mass is 10.3. The Bertz CT molecular complexity index is 336. The van der Waals surface area contributed by atoms with Crippen molar-refractivity contribution in [2.45, 2.75) is 6.42 Å². The summed E-state index contributed by atoms with van der Waals surface area (Å²) in [5.41, 5.74) is 0. The van der Waals surface area contributed by atoms with Crippen molar-refractivity contribution in [3.63, 3.8) is 0 Å². The molecule has 0 radical (unpaired) electrons. The molecule has 0 fully saturated rings. The van der Waals surface area contributed by atoms with Crippen LogP contribution in [0.3, 0.4) is 0 Å². The first-order valence-corrected chi connectivity index (χ1v) is 4.38. The van der Waals surface area contributed by atoms with Gasteiger partial charge >= 0.3 is 5.97 Å². The summed E-state index contributed by atoms with van der Waals surface area (Å²) >= 11 is 0. The smallest absolute Gasteiger partial charge is 0.313 e. The van der Waals surface area contributed by atoms with Crippen LogP contribution in [0.15, 0.2) is 24.3 Å². The second-order valence-electron chi connectivity index (χ2n) is 2.80. The zero-order valence-corrected chi connectivity index (χ0v) is 8.24. The lowest BCUT2D eigenvalue weighted by Gasteiger charge is -2.06. The average Bonchev–Trinajstić information content (AvgIpc) is 2.21. The number of esters is 1. The fourth-order valence-corrected chi connectivity index (χ4v) is 0.907. The summed E-state index contributed by atoms with van der Waals surface area (Å²) in [5, 5.41) is 24.8. The lowest BCUT2D eigenvalue weighted by Crippen LogP contribution is -2.18. The van der Waals surface area contributed by atoms with Gasteiger partial charge in [0.25, 0.3) is 0 Å². The molecule has 0 aliphatic carbocycles. The normalized spacial score (nSPS) is 10.4. The Labute approximate surface area is 90.9 Å². The molecule has 1 rings (SSSR count). The highest BCUT2D eigenvalue weighted by Gasteiger charge is 2.06. The van der Waals surface area contributed by atoms with Gasteiger partial charge in [0.15, 0.2) is 0 Å². The summed E-state index contributed by atoms with van der Waals surface area (Å²) in [4.78, 5) is 15.3. The second kappa shape index (κ2) is 6.03. The van der Waals surface area contributed by atoms with Gasteiger partial charge < -0.3 is 9.84 Å². The van der Waals surface area contributed by atoms with Gasteiger partial charge in [-0.1, -0.05) is 0 Å². The first kappa shape index (κ1) is 12.4. The molecule has 7 heteroatoms. The standard InChI is InChI=1S/C9H11NO6/c11-7-1-3-8(4-2-7)16-9(12)5-6-15-10(13)14/h1-4,11,13-14H,5-6H2. The summed E-state index contributed by atoms with van der Waals surface area (Å²) in [5.74, 6) is -0.237. The van der Waals surface area contributed by atoms with Crippen LogP contribution in [0.25, 0.3) is 0 Å². The Kier molecular flexibility index (Phi) is 4.67. The van der Waals surface area contributed by atoms with Crippen LogP contribution < -0.4 is 4.74 Å². The van der Waals surface area contributed by atoms with E-state index in [4.69, 9.17) is 20.3 Å². The Morgan fingerprint density at radius 1 is 1.25 bits per heavy atom. The first-order valence-electron chi connectivity index (χ1n) is 4.38. The van der Waals surface area contributed by atoms with Gasteiger partial charge in [0.2, 0.25) is 0 Å². The van der Waals surface area contributed by atoms with Crippen molar-refractivity contribution in [1.29, 1.82) is 0 Å². The predicted octanol–water partition coefficient (Wildman–Crippen LogP) is 0.700. The third kappa shape index (κ3) is 4.71. The van der Waals surface area contributed by atoms with Gasteiger partial charge in [0.05, 0.1) is 18.4 Å². The van der Waals surface area contributed by atoms with Gasteiger partial charge in [-0.3, -0.25) is 20.0 Å². The van der Waals surface area contributed by atoms with Crippen molar-refractivity contribution in [3.05, 3.63) is 24.3 Å². The average molecular weight is 229 g/mol. The minimum absolute atomic E-state index is 0.0688. The fraction of sp³-hybridized carbons (Fsp3) is 0.222. The SMILES string of the molecule is O=C(CCON(O)O)Oc1ccc(O)cc1. The molecule has 0 saturated heterocycles. The van der Waals surface area contributed by atoms with E-state index < -0.39 is 11.4 Å². The van der Waals surface area contributed by atoms with E-state index in [0.717, 1.165) is 0 Å². The quantitative estimate of drug-likeness (QED) is 0.388. The number of carbonyl (C=O) groups is 1. The number of hydrogen-bond acceptors (Lipinski definition) is 7. The second-order valence-corrected chi connectivity index (χ2v) is 2.80. The van der Waals surface area contributed by atoms with E-state index >= 15 is 0 Å². The molecule has 0 amide bonds. The number of rotatable bonds is 5. The number of ether oxygens (including phenoxy) is 1. The number of hydrogen-bond donors (Lipinski definition) is 3. The monoisotopic (exact) mass is 229 g/mol. The Morgan fingerprint density at radius 2 is 1.88 bits per heavy atom. The molecule has 0 aliphatic heterocycles. The van der Waals surface area contributed by atoms with Gasteiger partial charge in [-0.15, -0.1) is 0 Å². The molecular formula is C9H11NO6. The number of benzene rings is 1. The summed E-state index contributed by atoms with van der Waals surface area (Å²) < 4.78 is 4.84. The first-order chi connectivity index (χ1) is 7.58. The molecule has 1 aromatic rings. The minimum atomic E-state index is -0.590. The van der Waals surface area contributed by atoms with Crippen molar-refractivity contribution < 1.29 is 29.9 Å². The third-order valence-electron chi connectivity index (χ3n) is 1.58. The van der Waals surface area contributed by atoms with Gasteiger partial charge in [-0.25, -0.2) is 0 Å². The maximum Gasteiger partial charge on any atom is 0.313 e. The molecule has 88 valence electrons. The minimum Gasteiger partial charge on any atom is -0.508 e. The van der Waals surface area contributed by atoms with Crippen LogP contribution in [0.5, 0.6) is 11.5 Å². The maximum atomic E-state index is 11.1. The number of nitrogens with zero attached hydrogens (tertiary/aromatic N) is 1. The van der Waals surface area contributed by atoms with Gasteiger partial charge in [-0.05, 0) is 24.3 Å². The molecule has 0 saturated carbocycles. The fourth-order valence-electron chi connectivity index (χ4n) is 0.907. The number of carbonyl (C=O) groups excluding carboxylic acids is 1. The highest BCUT2D eigenvalue weighted by molar-refractivity contribution is 5.72. The van der Waals surface area contributed by atoms with Gasteiger partial charge in [0, 0.05) is 0 Å². The van der Waals surface area contributed by atoms with Crippen LogP contribution >= 0.6 is 0 Å². The molecule has 1 aromatic carbocycles. The van der Waals surface area contributed by atoms with Crippen molar-refractivity contribution in [3.8, 4) is 11.5 Å². The molecule has 16 heavy (non-hydrogen) atoms. The van der Waals surface area contributed by atoms with E-state index in [1.54, 1.807) is 0 Å². The van der Waals surface area contributed by atoms with Crippen molar-refractivity contribution >= 4 is 5.97 Å². The topological polar surface area (TPSA) is 99.5 Å². The largest absolute Gasteiger partial charge is 0.508 e. The van der Waals surface area contributed by atoms with Crippen LogP contribution in [0.4, 0.5) is 0 Å². The summed E-state index contributed by atoms with van der Waals surface area (Å²) in [6.07, 6.45) is -0.140. The molecular weight excluding hydrogens is 218 g/mol. The van der Waals surface area contributed by atoms with Crippen LogP contribution in [-0.4, -0.2) is 33.5 Å². The molecule has 0 atom stereocenters. The number of phenolic OH excluding ortho intramolecular Hbond substituents is 1. The van der Waals surface area contributed by atoms with E-state index in [1.807, 2.05) is 0 Å². The lowest BCUT2D eigenvalue weighted by molar-refractivity contribution is -0.492. The number of aromatic hydroxyl groups is 1. The molecule has 0 aliphatic rings. The zero-order chi connectivity index (χ0) is 12.0. The van der Waals surface area contributed by atoms with Crippen LogP contribution in [0, 0.1) is 0 Å². The zero-order valence-electron chi connectivity index (χ0n) is 8.24. The van der Waals surface area contributed by atoms with Gasteiger partial charge in [0.1, 0.15) is 11.5 Å². The Hall–Kier alpha value is -1.67. The van der Waals surface area contributed by atoms with E-state index in [-0.39, 0.29) is 24.5 Å². The summed E-state index contributed by atoms with van der Waals surface area (Å²) in [6.45, 7) is -0.218. The Balaban J connectivity index is 2.31. The third-order valence-corrected chi connectivity index (χ3v) is 1.58. The summed E-state index contributed by atoms with van der Waals surface area (Å²) in [6, 6.07) is 5.61. The molecule has 0 unspecified atom stereocenters. The predicted molar refractivity (Wildman–Crippen MR) is 49.7 cm³/mol. The maximum absolute atomic E-state index is 11.1. The van der Waals surface area contributed by atoms with Crippen molar-refractivity contribution in [2.75, 3.05) is 6.61 Å².